The minimum atomic E-state index is 0.897. The minimum Gasteiger partial charge on any atom is -0.316 e. The Bertz CT molecular complexity index is 223. The zero-order valence-corrected chi connectivity index (χ0v) is 10.5. The molecule has 3 fully saturated rings. The van der Waals surface area contributed by atoms with Crippen molar-refractivity contribution >= 4 is 0 Å². The fraction of sp³-hybridized carbons (Fsp3) is 1.00. The molecule has 3 heterocycles. The van der Waals surface area contributed by atoms with Crippen LogP contribution < -0.4 is 5.32 Å². The molecule has 0 unspecified atom stereocenters. The molecule has 0 aromatic rings. The fourth-order valence-corrected chi connectivity index (χ4v) is 3.79. The number of fused-ring (bicyclic) bond motifs is 1. The van der Waals surface area contributed by atoms with E-state index in [2.05, 4.69) is 22.0 Å². The van der Waals surface area contributed by atoms with Crippen LogP contribution in [-0.4, -0.2) is 61.7 Å². The van der Waals surface area contributed by atoms with Crippen LogP contribution in [0, 0.1) is 11.8 Å². The Morgan fingerprint density at radius 3 is 2.25 bits per heavy atom. The van der Waals surface area contributed by atoms with E-state index in [9.17, 15) is 0 Å². The van der Waals surface area contributed by atoms with E-state index in [1.165, 1.54) is 58.7 Å². The molecule has 0 spiro atoms. The summed E-state index contributed by atoms with van der Waals surface area (Å²) in [5.41, 5.74) is 0. The average Bonchev–Trinajstić information content (AvgIpc) is 2.89. The summed E-state index contributed by atoms with van der Waals surface area (Å²) in [7, 11) is 0. The van der Waals surface area contributed by atoms with Crippen molar-refractivity contribution in [3.05, 3.63) is 0 Å². The van der Waals surface area contributed by atoms with Crippen molar-refractivity contribution in [1.82, 2.24) is 15.1 Å². The summed E-state index contributed by atoms with van der Waals surface area (Å²) >= 11 is 0. The molecule has 0 saturated carbocycles. The highest BCUT2D eigenvalue weighted by Crippen LogP contribution is 2.30. The van der Waals surface area contributed by atoms with E-state index in [1.807, 2.05) is 0 Å². The quantitative estimate of drug-likeness (QED) is 0.740. The third kappa shape index (κ3) is 2.01. The first-order valence-corrected chi connectivity index (χ1v) is 7.04. The van der Waals surface area contributed by atoms with Crippen molar-refractivity contribution in [2.75, 3.05) is 45.8 Å². The molecular formula is C13H25N3. The van der Waals surface area contributed by atoms with Crippen LogP contribution in [0.5, 0.6) is 0 Å². The Kier molecular flexibility index (Phi) is 3.18. The SMILES string of the molecule is CCN1CCC(N2C[C@H]3CNC[C@H]3C2)CC1. The first kappa shape index (κ1) is 11.0. The van der Waals surface area contributed by atoms with Gasteiger partial charge < -0.3 is 10.2 Å². The monoisotopic (exact) mass is 223 g/mol. The molecule has 1 N–H and O–H groups in total. The highest BCUT2D eigenvalue weighted by Gasteiger charge is 2.39. The second-order valence-corrected chi connectivity index (χ2v) is 5.80. The van der Waals surface area contributed by atoms with E-state index in [0.29, 0.717) is 0 Å². The van der Waals surface area contributed by atoms with Crippen LogP contribution in [0.15, 0.2) is 0 Å². The van der Waals surface area contributed by atoms with Gasteiger partial charge >= 0.3 is 0 Å². The van der Waals surface area contributed by atoms with Crippen molar-refractivity contribution in [3.8, 4) is 0 Å². The summed E-state index contributed by atoms with van der Waals surface area (Å²) in [6, 6.07) is 0.897. The average molecular weight is 223 g/mol. The van der Waals surface area contributed by atoms with Gasteiger partial charge in [-0.05, 0) is 57.4 Å². The molecule has 0 aromatic carbocycles. The molecule has 92 valence electrons. The van der Waals surface area contributed by atoms with Crippen molar-refractivity contribution < 1.29 is 0 Å². The van der Waals surface area contributed by atoms with Crippen LogP contribution in [0.3, 0.4) is 0 Å². The van der Waals surface area contributed by atoms with E-state index in [0.717, 1.165) is 17.9 Å². The van der Waals surface area contributed by atoms with Crippen molar-refractivity contribution in [3.63, 3.8) is 0 Å². The number of rotatable bonds is 2. The van der Waals surface area contributed by atoms with E-state index < -0.39 is 0 Å². The van der Waals surface area contributed by atoms with E-state index in [4.69, 9.17) is 0 Å². The molecule has 0 radical (unpaired) electrons. The Morgan fingerprint density at radius 2 is 1.69 bits per heavy atom. The van der Waals surface area contributed by atoms with Crippen LogP contribution in [0.2, 0.25) is 0 Å². The van der Waals surface area contributed by atoms with Gasteiger partial charge in [0.05, 0.1) is 0 Å². The molecule has 3 rings (SSSR count). The molecule has 3 nitrogen and oxygen atoms in total. The molecule has 3 heteroatoms. The lowest BCUT2D eigenvalue weighted by Gasteiger charge is -2.36. The topological polar surface area (TPSA) is 18.5 Å². The Morgan fingerprint density at radius 1 is 1.06 bits per heavy atom. The number of piperidine rings is 1. The van der Waals surface area contributed by atoms with E-state index in [1.54, 1.807) is 0 Å². The lowest BCUT2D eigenvalue weighted by molar-refractivity contribution is 0.124. The zero-order chi connectivity index (χ0) is 11.0. The standard InChI is InChI=1S/C13H25N3/c1-2-15-5-3-13(4-6-15)16-9-11-7-14-8-12(11)10-16/h11-14H,2-10H2,1H3/t11-,12+. The summed E-state index contributed by atoms with van der Waals surface area (Å²) in [4.78, 5) is 5.39. The summed E-state index contributed by atoms with van der Waals surface area (Å²) < 4.78 is 0. The van der Waals surface area contributed by atoms with Crippen LogP contribution in [0.4, 0.5) is 0 Å². The number of hydrogen-bond donors (Lipinski definition) is 1. The second-order valence-electron chi connectivity index (χ2n) is 5.80. The van der Waals surface area contributed by atoms with Crippen molar-refractivity contribution in [2.24, 2.45) is 11.8 Å². The van der Waals surface area contributed by atoms with E-state index >= 15 is 0 Å². The maximum atomic E-state index is 3.53. The van der Waals surface area contributed by atoms with Gasteiger partial charge in [0.15, 0.2) is 0 Å². The maximum Gasteiger partial charge on any atom is 0.0120 e. The Hall–Kier alpha value is -0.120. The summed E-state index contributed by atoms with van der Waals surface area (Å²) in [5, 5.41) is 3.53. The molecule has 3 saturated heterocycles. The van der Waals surface area contributed by atoms with Gasteiger partial charge in [0.2, 0.25) is 0 Å². The van der Waals surface area contributed by atoms with Crippen LogP contribution in [0.1, 0.15) is 19.8 Å². The lowest BCUT2D eigenvalue weighted by Crippen LogP contribution is -2.44. The first-order chi connectivity index (χ1) is 7.86. The zero-order valence-electron chi connectivity index (χ0n) is 10.5. The van der Waals surface area contributed by atoms with E-state index in [-0.39, 0.29) is 0 Å². The van der Waals surface area contributed by atoms with Crippen LogP contribution >= 0.6 is 0 Å². The molecule has 3 aliphatic heterocycles. The summed E-state index contributed by atoms with van der Waals surface area (Å²) in [6.45, 7) is 11.5. The Labute approximate surface area is 99.2 Å². The van der Waals surface area contributed by atoms with Gasteiger partial charge in [-0.25, -0.2) is 0 Å². The second kappa shape index (κ2) is 4.63. The van der Waals surface area contributed by atoms with Gasteiger partial charge in [-0.15, -0.1) is 0 Å². The smallest absolute Gasteiger partial charge is 0.0120 e. The molecular weight excluding hydrogens is 198 g/mol. The molecule has 0 aliphatic carbocycles. The van der Waals surface area contributed by atoms with Crippen molar-refractivity contribution in [2.45, 2.75) is 25.8 Å². The number of likely N-dealkylation sites (tertiary alicyclic amines) is 2. The minimum absolute atomic E-state index is 0.897. The largest absolute Gasteiger partial charge is 0.316 e. The predicted molar refractivity (Wildman–Crippen MR) is 66.6 cm³/mol. The molecule has 2 atom stereocenters. The van der Waals surface area contributed by atoms with Crippen molar-refractivity contribution in [1.29, 1.82) is 0 Å². The molecule has 3 aliphatic rings. The van der Waals surface area contributed by atoms with Crippen LogP contribution in [0.25, 0.3) is 0 Å². The fourth-order valence-electron chi connectivity index (χ4n) is 3.79. The first-order valence-electron chi connectivity index (χ1n) is 7.04. The molecule has 0 aromatic heterocycles. The predicted octanol–water partition coefficient (Wildman–Crippen LogP) is 0.622. The van der Waals surface area contributed by atoms with Gasteiger partial charge in [-0.3, -0.25) is 4.90 Å². The van der Waals surface area contributed by atoms with Gasteiger partial charge in [0, 0.05) is 19.1 Å². The molecule has 0 amide bonds. The third-order valence-corrected chi connectivity index (χ3v) is 4.94. The van der Waals surface area contributed by atoms with Gasteiger partial charge in [0.25, 0.3) is 0 Å². The normalized spacial score (nSPS) is 38.1. The number of nitrogens with zero attached hydrogens (tertiary/aromatic N) is 2. The Balaban J connectivity index is 1.52. The van der Waals surface area contributed by atoms with Gasteiger partial charge in [-0.1, -0.05) is 6.92 Å². The maximum absolute atomic E-state index is 3.53. The highest BCUT2D eigenvalue weighted by atomic mass is 15.2. The molecule has 0 bridgehead atoms. The summed E-state index contributed by atoms with van der Waals surface area (Å²) in [5.74, 6) is 1.92. The number of nitrogens with one attached hydrogen (secondary N) is 1. The van der Waals surface area contributed by atoms with Gasteiger partial charge in [-0.2, -0.15) is 0 Å². The molecule has 16 heavy (non-hydrogen) atoms. The number of hydrogen-bond acceptors (Lipinski definition) is 3. The van der Waals surface area contributed by atoms with Crippen LogP contribution in [-0.2, 0) is 0 Å². The third-order valence-electron chi connectivity index (χ3n) is 4.94. The lowest BCUT2D eigenvalue weighted by atomic mass is 10.0. The highest BCUT2D eigenvalue weighted by molar-refractivity contribution is 4.94. The summed E-state index contributed by atoms with van der Waals surface area (Å²) in [6.07, 6.45) is 2.81. The van der Waals surface area contributed by atoms with Gasteiger partial charge in [0.1, 0.15) is 0 Å².